The topological polar surface area (TPSA) is 113 Å². The molecule has 3 heterocycles. The van der Waals surface area contributed by atoms with E-state index in [9.17, 15) is 19.2 Å². The van der Waals surface area contributed by atoms with Gasteiger partial charge in [0.25, 0.3) is 5.91 Å². The summed E-state index contributed by atoms with van der Waals surface area (Å²) in [5.41, 5.74) is 6.71. The fourth-order valence-corrected chi connectivity index (χ4v) is 4.34. The number of primary amides is 1. The van der Waals surface area contributed by atoms with Crippen LogP contribution in [0.1, 0.15) is 33.6 Å². The van der Waals surface area contributed by atoms with Gasteiger partial charge in [-0.05, 0) is 19.0 Å². The highest BCUT2D eigenvalue weighted by Crippen LogP contribution is 2.36. The molecular formula is C15H18N4O4S. The van der Waals surface area contributed by atoms with E-state index in [2.05, 4.69) is 10.2 Å². The number of amides is 4. The van der Waals surface area contributed by atoms with Crippen LogP contribution in [0, 0.1) is 0 Å². The second-order valence-electron chi connectivity index (χ2n) is 5.98. The third-order valence-corrected chi connectivity index (χ3v) is 5.34. The Hall–Kier alpha value is -2.26. The zero-order chi connectivity index (χ0) is 17.4. The highest BCUT2D eigenvalue weighted by Gasteiger charge is 2.31. The minimum Gasteiger partial charge on any atom is -0.365 e. The molecule has 24 heavy (non-hydrogen) atoms. The summed E-state index contributed by atoms with van der Waals surface area (Å²) in [4.78, 5) is 51.3. The van der Waals surface area contributed by atoms with Crippen LogP contribution < -0.4 is 11.1 Å². The molecule has 3 N–H and O–H groups in total. The maximum Gasteiger partial charge on any atom is 0.251 e. The van der Waals surface area contributed by atoms with Gasteiger partial charge in [-0.2, -0.15) is 0 Å². The van der Waals surface area contributed by atoms with Crippen LogP contribution in [-0.4, -0.2) is 53.6 Å². The monoisotopic (exact) mass is 350 g/mol. The van der Waals surface area contributed by atoms with Crippen molar-refractivity contribution in [3.05, 3.63) is 16.0 Å². The number of nitrogens with two attached hydrogens (primary N) is 1. The van der Waals surface area contributed by atoms with Gasteiger partial charge in [-0.1, -0.05) is 0 Å². The fourth-order valence-electron chi connectivity index (χ4n) is 2.99. The number of hydrogen-bond donors (Lipinski definition) is 2. The second-order valence-corrected chi connectivity index (χ2v) is 7.09. The van der Waals surface area contributed by atoms with Crippen LogP contribution in [0.3, 0.4) is 0 Å². The molecule has 1 aromatic heterocycles. The number of thiophene rings is 1. The smallest absolute Gasteiger partial charge is 0.251 e. The first kappa shape index (κ1) is 16.6. The molecule has 0 unspecified atom stereocenters. The van der Waals surface area contributed by atoms with Crippen LogP contribution in [0.25, 0.3) is 0 Å². The highest BCUT2D eigenvalue weighted by atomic mass is 32.1. The van der Waals surface area contributed by atoms with Crippen molar-refractivity contribution in [2.24, 2.45) is 5.73 Å². The van der Waals surface area contributed by atoms with E-state index in [1.54, 1.807) is 0 Å². The number of rotatable bonds is 4. The van der Waals surface area contributed by atoms with Crippen molar-refractivity contribution in [1.82, 2.24) is 9.80 Å². The molecule has 2 aliphatic rings. The first-order valence-corrected chi connectivity index (χ1v) is 8.44. The SMILES string of the molecule is CN1CCc2c(sc(NC(=O)CN3C(=O)CCC3=O)c2C(N)=O)C1. The van der Waals surface area contributed by atoms with E-state index in [4.69, 9.17) is 5.73 Å². The number of imide groups is 1. The summed E-state index contributed by atoms with van der Waals surface area (Å²) in [5, 5.41) is 3.04. The van der Waals surface area contributed by atoms with Gasteiger partial charge in [0.15, 0.2) is 0 Å². The van der Waals surface area contributed by atoms with E-state index in [1.165, 1.54) is 11.3 Å². The lowest BCUT2D eigenvalue weighted by Crippen LogP contribution is -2.37. The van der Waals surface area contributed by atoms with E-state index in [-0.39, 0.29) is 31.2 Å². The van der Waals surface area contributed by atoms with Gasteiger partial charge in [-0.25, -0.2) is 0 Å². The van der Waals surface area contributed by atoms with Crippen LogP contribution in [0.4, 0.5) is 5.00 Å². The van der Waals surface area contributed by atoms with Gasteiger partial charge in [0, 0.05) is 30.8 Å². The summed E-state index contributed by atoms with van der Waals surface area (Å²) >= 11 is 1.32. The van der Waals surface area contributed by atoms with Crippen molar-refractivity contribution in [1.29, 1.82) is 0 Å². The molecule has 4 amide bonds. The van der Waals surface area contributed by atoms with Crippen molar-refractivity contribution < 1.29 is 19.2 Å². The first-order chi connectivity index (χ1) is 11.4. The Balaban J connectivity index is 1.79. The number of carbonyl (C=O) groups is 4. The summed E-state index contributed by atoms with van der Waals surface area (Å²) in [6.45, 7) is 1.17. The Morgan fingerprint density at radius 1 is 1.21 bits per heavy atom. The van der Waals surface area contributed by atoms with E-state index in [0.717, 1.165) is 21.9 Å². The summed E-state index contributed by atoms with van der Waals surface area (Å²) in [7, 11) is 1.98. The molecule has 2 aliphatic heterocycles. The van der Waals surface area contributed by atoms with E-state index in [0.29, 0.717) is 23.5 Å². The Labute approximate surface area is 142 Å². The minimum atomic E-state index is -0.583. The van der Waals surface area contributed by atoms with Gasteiger partial charge in [-0.3, -0.25) is 24.1 Å². The zero-order valence-corrected chi connectivity index (χ0v) is 14.1. The van der Waals surface area contributed by atoms with Gasteiger partial charge in [0.2, 0.25) is 17.7 Å². The summed E-state index contributed by atoms with van der Waals surface area (Å²) < 4.78 is 0. The lowest BCUT2D eigenvalue weighted by molar-refractivity contribution is -0.141. The Kier molecular flexibility index (Phi) is 4.37. The van der Waals surface area contributed by atoms with Gasteiger partial charge in [0.1, 0.15) is 11.5 Å². The molecular weight excluding hydrogens is 332 g/mol. The van der Waals surface area contributed by atoms with Gasteiger partial charge in [-0.15, -0.1) is 11.3 Å². The molecule has 3 rings (SSSR count). The van der Waals surface area contributed by atoms with Crippen molar-refractivity contribution in [3.8, 4) is 0 Å². The van der Waals surface area contributed by atoms with Gasteiger partial charge < -0.3 is 16.0 Å². The first-order valence-electron chi connectivity index (χ1n) is 7.62. The lowest BCUT2D eigenvalue weighted by atomic mass is 10.0. The summed E-state index contributed by atoms with van der Waals surface area (Å²) in [6.07, 6.45) is 0.968. The summed E-state index contributed by atoms with van der Waals surface area (Å²) in [5.74, 6) is -1.79. The molecule has 1 fully saturated rings. The standard InChI is InChI=1S/C15H18N4O4S/c1-18-5-4-8-9(6-18)24-15(13(8)14(16)23)17-10(20)7-19-11(21)2-3-12(19)22/h2-7H2,1H3,(H2,16,23)(H,17,20). The molecule has 8 nitrogen and oxygen atoms in total. The number of anilines is 1. The van der Waals surface area contributed by atoms with Crippen LogP contribution in [0.15, 0.2) is 0 Å². The second kappa shape index (κ2) is 6.33. The van der Waals surface area contributed by atoms with Crippen LogP contribution in [0.5, 0.6) is 0 Å². The minimum absolute atomic E-state index is 0.137. The number of nitrogens with one attached hydrogen (secondary N) is 1. The molecule has 0 aliphatic carbocycles. The third-order valence-electron chi connectivity index (χ3n) is 4.20. The quantitative estimate of drug-likeness (QED) is 0.738. The van der Waals surface area contributed by atoms with Crippen LogP contribution >= 0.6 is 11.3 Å². The Bertz CT molecular complexity index is 726. The normalized spacial score (nSPS) is 18.0. The van der Waals surface area contributed by atoms with Crippen LogP contribution in [-0.2, 0) is 27.3 Å². The number of hydrogen-bond acceptors (Lipinski definition) is 6. The van der Waals surface area contributed by atoms with Gasteiger partial charge in [0.05, 0.1) is 5.56 Å². The van der Waals surface area contributed by atoms with Crippen molar-refractivity contribution in [2.45, 2.75) is 25.8 Å². The Morgan fingerprint density at radius 3 is 2.50 bits per heavy atom. The predicted molar refractivity (Wildman–Crippen MR) is 87.5 cm³/mol. The molecule has 9 heteroatoms. The molecule has 0 bridgehead atoms. The predicted octanol–water partition coefficient (Wildman–Crippen LogP) is -0.0776. The number of likely N-dealkylation sites (tertiary alicyclic amines) is 1. The number of fused-ring (bicyclic) bond motifs is 1. The Morgan fingerprint density at radius 2 is 1.88 bits per heavy atom. The number of likely N-dealkylation sites (N-methyl/N-ethyl adjacent to an activating group) is 1. The third kappa shape index (κ3) is 3.04. The molecule has 1 saturated heterocycles. The average molecular weight is 350 g/mol. The highest BCUT2D eigenvalue weighted by molar-refractivity contribution is 7.17. The van der Waals surface area contributed by atoms with E-state index < -0.39 is 11.8 Å². The van der Waals surface area contributed by atoms with Crippen molar-refractivity contribution >= 4 is 40.0 Å². The van der Waals surface area contributed by atoms with E-state index in [1.807, 2.05) is 7.05 Å². The molecule has 0 saturated carbocycles. The lowest BCUT2D eigenvalue weighted by Gasteiger charge is -2.22. The summed E-state index contributed by atoms with van der Waals surface area (Å²) in [6, 6.07) is 0. The largest absolute Gasteiger partial charge is 0.365 e. The number of carbonyl (C=O) groups excluding carboxylic acids is 4. The molecule has 128 valence electrons. The fraction of sp³-hybridized carbons (Fsp3) is 0.467. The number of nitrogens with zero attached hydrogens (tertiary/aromatic N) is 2. The molecule has 1 aromatic rings. The molecule has 0 radical (unpaired) electrons. The van der Waals surface area contributed by atoms with Crippen LogP contribution in [0.2, 0.25) is 0 Å². The van der Waals surface area contributed by atoms with Crippen molar-refractivity contribution in [3.63, 3.8) is 0 Å². The zero-order valence-electron chi connectivity index (χ0n) is 13.3. The average Bonchev–Trinajstić information content (AvgIpc) is 3.00. The van der Waals surface area contributed by atoms with E-state index >= 15 is 0 Å². The molecule has 0 atom stereocenters. The molecule has 0 spiro atoms. The molecule has 0 aromatic carbocycles. The van der Waals surface area contributed by atoms with Crippen molar-refractivity contribution in [2.75, 3.05) is 25.5 Å². The maximum absolute atomic E-state index is 12.2. The maximum atomic E-state index is 12.2. The van der Waals surface area contributed by atoms with Gasteiger partial charge >= 0.3 is 0 Å².